The van der Waals surface area contributed by atoms with Crippen LogP contribution in [-0.2, 0) is 9.84 Å². The summed E-state index contributed by atoms with van der Waals surface area (Å²) in [5.74, 6) is 0.244. The maximum Gasteiger partial charge on any atom is 0.187 e. The van der Waals surface area contributed by atoms with Crippen molar-refractivity contribution in [3.63, 3.8) is 0 Å². The fourth-order valence-electron chi connectivity index (χ4n) is 1.15. The molecule has 0 aliphatic heterocycles. The van der Waals surface area contributed by atoms with Gasteiger partial charge in [0.25, 0.3) is 0 Å². The van der Waals surface area contributed by atoms with E-state index in [2.05, 4.69) is 0 Å². The summed E-state index contributed by atoms with van der Waals surface area (Å²) < 4.78 is 23.7. The third-order valence-corrected chi connectivity index (χ3v) is 5.21. The first kappa shape index (κ1) is 11.7. The maximum absolute atomic E-state index is 11.6. The lowest BCUT2D eigenvalue weighted by molar-refractivity contribution is 0.592. The van der Waals surface area contributed by atoms with E-state index in [0.717, 1.165) is 12.8 Å². The average Bonchev–Trinajstić information content (AvgIpc) is 2.65. The summed E-state index contributed by atoms with van der Waals surface area (Å²) in [4.78, 5) is 0. The van der Waals surface area contributed by atoms with Crippen LogP contribution in [0, 0.1) is 0 Å². The molecule has 0 radical (unpaired) electrons. The Balaban J connectivity index is 2.44. The first-order valence-electron chi connectivity index (χ1n) is 4.63. The fourth-order valence-corrected chi connectivity index (χ4v) is 3.68. The number of unbranched alkanes of at least 4 members (excludes halogenated alkanes) is 2. The molecule has 1 aromatic heterocycles. The highest BCUT2D eigenvalue weighted by atomic mass is 32.2. The molecule has 0 unspecified atom stereocenters. The highest BCUT2D eigenvalue weighted by Gasteiger charge is 2.14. The molecule has 0 atom stereocenters. The van der Waals surface area contributed by atoms with Crippen molar-refractivity contribution in [2.75, 3.05) is 12.3 Å². The Kier molecular flexibility index (Phi) is 4.57. The van der Waals surface area contributed by atoms with Gasteiger partial charge in [-0.2, -0.15) is 0 Å². The van der Waals surface area contributed by atoms with Crippen LogP contribution in [0.15, 0.2) is 21.7 Å². The number of hydrogen-bond acceptors (Lipinski definition) is 4. The van der Waals surface area contributed by atoms with Crippen LogP contribution in [0.2, 0.25) is 0 Å². The zero-order valence-corrected chi connectivity index (χ0v) is 9.61. The van der Waals surface area contributed by atoms with Gasteiger partial charge in [0.05, 0.1) is 5.75 Å². The second-order valence-corrected chi connectivity index (χ2v) is 6.38. The molecule has 0 amide bonds. The molecule has 0 fully saturated rings. The van der Waals surface area contributed by atoms with E-state index in [9.17, 15) is 8.42 Å². The summed E-state index contributed by atoms with van der Waals surface area (Å²) in [6, 6.07) is 3.42. The number of sulfone groups is 1. The molecule has 0 aliphatic rings. The van der Waals surface area contributed by atoms with Crippen molar-refractivity contribution in [2.45, 2.75) is 23.5 Å². The van der Waals surface area contributed by atoms with Gasteiger partial charge in [0, 0.05) is 0 Å². The zero-order chi connectivity index (χ0) is 10.4. The fraction of sp³-hybridized carbons (Fsp3) is 0.556. The van der Waals surface area contributed by atoms with Gasteiger partial charge in [-0.15, -0.1) is 11.3 Å². The van der Waals surface area contributed by atoms with Gasteiger partial charge in [-0.25, -0.2) is 8.42 Å². The Morgan fingerprint density at radius 3 is 2.64 bits per heavy atom. The average molecular weight is 233 g/mol. The molecule has 0 bridgehead atoms. The number of hydrogen-bond donors (Lipinski definition) is 1. The Bertz CT molecular complexity index is 343. The van der Waals surface area contributed by atoms with Crippen molar-refractivity contribution in [1.29, 1.82) is 0 Å². The Morgan fingerprint density at radius 2 is 2.07 bits per heavy atom. The van der Waals surface area contributed by atoms with Crippen LogP contribution in [0.3, 0.4) is 0 Å². The van der Waals surface area contributed by atoms with Gasteiger partial charge in [0.1, 0.15) is 4.21 Å². The molecule has 0 saturated carbocycles. The second kappa shape index (κ2) is 5.48. The molecule has 0 aromatic carbocycles. The smallest absolute Gasteiger partial charge is 0.187 e. The molecule has 1 aromatic rings. The van der Waals surface area contributed by atoms with E-state index < -0.39 is 9.84 Å². The molecule has 0 saturated heterocycles. The molecule has 3 nitrogen and oxygen atoms in total. The molecule has 2 N–H and O–H groups in total. The van der Waals surface area contributed by atoms with Crippen molar-refractivity contribution in [3.05, 3.63) is 17.5 Å². The zero-order valence-electron chi connectivity index (χ0n) is 7.98. The van der Waals surface area contributed by atoms with E-state index in [1.54, 1.807) is 17.5 Å². The van der Waals surface area contributed by atoms with Crippen LogP contribution in [0.1, 0.15) is 19.3 Å². The Labute approximate surface area is 88.9 Å². The van der Waals surface area contributed by atoms with Crippen LogP contribution < -0.4 is 5.73 Å². The molecule has 0 spiro atoms. The lowest BCUT2D eigenvalue weighted by Crippen LogP contribution is -2.06. The first-order chi connectivity index (χ1) is 6.67. The normalized spacial score (nSPS) is 11.8. The van der Waals surface area contributed by atoms with E-state index in [1.807, 2.05) is 0 Å². The molecular weight excluding hydrogens is 218 g/mol. The van der Waals surface area contributed by atoms with Crippen molar-refractivity contribution < 1.29 is 8.42 Å². The van der Waals surface area contributed by atoms with Gasteiger partial charge in [0.2, 0.25) is 0 Å². The molecule has 14 heavy (non-hydrogen) atoms. The molecule has 1 rings (SSSR count). The first-order valence-corrected chi connectivity index (χ1v) is 7.16. The number of nitrogens with two attached hydrogens (primary N) is 1. The third kappa shape index (κ3) is 3.40. The minimum Gasteiger partial charge on any atom is -0.330 e. The molecule has 0 aliphatic carbocycles. The van der Waals surface area contributed by atoms with E-state index >= 15 is 0 Å². The van der Waals surface area contributed by atoms with Crippen LogP contribution >= 0.6 is 11.3 Å². The summed E-state index contributed by atoms with van der Waals surface area (Å²) in [5, 5.41) is 1.78. The van der Waals surface area contributed by atoms with Crippen LogP contribution in [0.25, 0.3) is 0 Å². The predicted octanol–water partition coefficient (Wildman–Crippen LogP) is 1.65. The molecular formula is C9H15NO2S2. The SMILES string of the molecule is NCCCCCS(=O)(=O)c1cccs1. The second-order valence-electron chi connectivity index (χ2n) is 3.10. The summed E-state index contributed by atoms with van der Waals surface area (Å²) in [5.41, 5.74) is 5.33. The highest BCUT2D eigenvalue weighted by molar-refractivity contribution is 7.93. The Hall–Kier alpha value is -0.390. The molecule has 80 valence electrons. The van der Waals surface area contributed by atoms with Crippen molar-refractivity contribution in [2.24, 2.45) is 5.73 Å². The monoisotopic (exact) mass is 233 g/mol. The molecule has 1 heterocycles. The van der Waals surface area contributed by atoms with Gasteiger partial charge >= 0.3 is 0 Å². The summed E-state index contributed by atoms with van der Waals surface area (Å²) in [7, 11) is -3.02. The van der Waals surface area contributed by atoms with Crippen molar-refractivity contribution >= 4 is 21.2 Å². The minimum atomic E-state index is -3.02. The summed E-state index contributed by atoms with van der Waals surface area (Å²) >= 11 is 1.28. The summed E-state index contributed by atoms with van der Waals surface area (Å²) in [6.45, 7) is 0.638. The summed E-state index contributed by atoms with van der Waals surface area (Å²) in [6.07, 6.45) is 2.50. The van der Waals surface area contributed by atoms with Gasteiger partial charge in [-0.3, -0.25) is 0 Å². The largest absolute Gasteiger partial charge is 0.330 e. The van der Waals surface area contributed by atoms with Gasteiger partial charge in [-0.05, 0) is 30.8 Å². The van der Waals surface area contributed by atoms with Gasteiger partial charge in [-0.1, -0.05) is 12.5 Å². The topological polar surface area (TPSA) is 60.2 Å². The number of rotatable bonds is 6. The highest BCUT2D eigenvalue weighted by Crippen LogP contribution is 2.18. The maximum atomic E-state index is 11.6. The standard InChI is InChI=1S/C9H15NO2S2/c10-6-2-1-3-8-14(11,12)9-5-4-7-13-9/h4-5,7H,1-3,6,8,10H2. The van der Waals surface area contributed by atoms with Crippen LogP contribution in [0.5, 0.6) is 0 Å². The number of thiophene rings is 1. The van der Waals surface area contributed by atoms with E-state index in [4.69, 9.17) is 5.73 Å². The van der Waals surface area contributed by atoms with E-state index in [-0.39, 0.29) is 5.75 Å². The lowest BCUT2D eigenvalue weighted by atomic mass is 10.2. The van der Waals surface area contributed by atoms with E-state index in [1.165, 1.54) is 11.3 Å². The molecule has 5 heteroatoms. The lowest BCUT2D eigenvalue weighted by Gasteiger charge is -2.00. The van der Waals surface area contributed by atoms with Gasteiger partial charge < -0.3 is 5.73 Å². The van der Waals surface area contributed by atoms with Crippen LogP contribution in [-0.4, -0.2) is 20.7 Å². The van der Waals surface area contributed by atoms with Gasteiger partial charge in [0.15, 0.2) is 9.84 Å². The minimum absolute atomic E-state index is 0.244. The van der Waals surface area contributed by atoms with E-state index in [0.29, 0.717) is 17.2 Å². The van der Waals surface area contributed by atoms with Crippen LogP contribution in [0.4, 0.5) is 0 Å². The Morgan fingerprint density at radius 1 is 1.29 bits per heavy atom. The quantitative estimate of drug-likeness (QED) is 0.760. The predicted molar refractivity (Wildman–Crippen MR) is 59.3 cm³/mol. The van der Waals surface area contributed by atoms with Crippen molar-refractivity contribution in [1.82, 2.24) is 0 Å². The third-order valence-electron chi connectivity index (χ3n) is 1.92. The van der Waals surface area contributed by atoms with Crippen molar-refractivity contribution in [3.8, 4) is 0 Å².